The monoisotopic (exact) mass is 256 g/mol. The van der Waals surface area contributed by atoms with Crippen LogP contribution in [0.15, 0.2) is 12.1 Å². The molecule has 2 nitrogen and oxygen atoms in total. The Labute approximate surface area is 106 Å². The zero-order chi connectivity index (χ0) is 13.1. The van der Waals surface area contributed by atoms with Crippen LogP contribution in [0.25, 0.3) is 0 Å². The Morgan fingerprint density at radius 2 is 1.94 bits per heavy atom. The summed E-state index contributed by atoms with van der Waals surface area (Å²) in [4.78, 5) is 0. The predicted molar refractivity (Wildman–Crippen MR) is 64.2 cm³/mol. The van der Waals surface area contributed by atoms with Crippen LogP contribution in [-0.4, -0.2) is 18.3 Å². The lowest BCUT2D eigenvalue weighted by Crippen LogP contribution is -2.18. The average Bonchev–Trinajstić information content (AvgIpc) is 2.35. The van der Waals surface area contributed by atoms with E-state index in [1.165, 1.54) is 6.07 Å². The maximum absolute atomic E-state index is 13.6. The SMILES string of the molecule is Cc1cc(C(O)CC2CCOCC2)c(F)cc1F. The van der Waals surface area contributed by atoms with Gasteiger partial charge in [-0.3, -0.25) is 0 Å². The Hall–Kier alpha value is -1.00. The minimum absolute atomic E-state index is 0.195. The van der Waals surface area contributed by atoms with Crippen molar-refractivity contribution < 1.29 is 18.6 Å². The van der Waals surface area contributed by atoms with Gasteiger partial charge in [0.2, 0.25) is 0 Å². The van der Waals surface area contributed by atoms with Crippen LogP contribution in [0.3, 0.4) is 0 Å². The summed E-state index contributed by atoms with van der Waals surface area (Å²) in [6.07, 6.45) is 1.41. The van der Waals surface area contributed by atoms with Crippen LogP contribution < -0.4 is 0 Å². The van der Waals surface area contributed by atoms with Gasteiger partial charge >= 0.3 is 0 Å². The Balaban J connectivity index is 2.08. The van der Waals surface area contributed by atoms with Crippen molar-refractivity contribution in [2.45, 2.75) is 32.3 Å². The summed E-state index contributed by atoms with van der Waals surface area (Å²) >= 11 is 0. The van der Waals surface area contributed by atoms with Gasteiger partial charge in [-0.05, 0) is 43.7 Å². The quantitative estimate of drug-likeness (QED) is 0.900. The molecule has 1 aromatic rings. The number of hydrogen-bond acceptors (Lipinski definition) is 2. The van der Waals surface area contributed by atoms with Gasteiger partial charge in [-0.2, -0.15) is 0 Å². The second-order valence-corrected chi connectivity index (χ2v) is 4.93. The second-order valence-electron chi connectivity index (χ2n) is 4.93. The molecule has 100 valence electrons. The number of halogens is 2. The first-order valence-electron chi connectivity index (χ1n) is 6.29. The zero-order valence-corrected chi connectivity index (χ0v) is 10.5. The highest BCUT2D eigenvalue weighted by Crippen LogP contribution is 2.29. The van der Waals surface area contributed by atoms with Crippen molar-refractivity contribution in [3.63, 3.8) is 0 Å². The van der Waals surface area contributed by atoms with E-state index in [2.05, 4.69) is 0 Å². The molecule has 0 aliphatic carbocycles. The molecule has 1 unspecified atom stereocenters. The lowest BCUT2D eigenvalue weighted by molar-refractivity contribution is 0.0428. The van der Waals surface area contributed by atoms with Crippen LogP contribution >= 0.6 is 0 Å². The van der Waals surface area contributed by atoms with E-state index in [9.17, 15) is 13.9 Å². The smallest absolute Gasteiger partial charge is 0.131 e. The molecule has 1 atom stereocenters. The minimum Gasteiger partial charge on any atom is -0.388 e. The molecule has 0 aromatic heterocycles. The molecule has 1 saturated heterocycles. The van der Waals surface area contributed by atoms with Gasteiger partial charge < -0.3 is 9.84 Å². The van der Waals surface area contributed by atoms with Crippen molar-refractivity contribution in [3.8, 4) is 0 Å². The first kappa shape index (κ1) is 13.4. The van der Waals surface area contributed by atoms with Crippen molar-refractivity contribution in [1.82, 2.24) is 0 Å². The third-order valence-electron chi connectivity index (χ3n) is 3.53. The summed E-state index contributed by atoms with van der Waals surface area (Å²) in [5.41, 5.74) is 0.554. The standard InChI is InChI=1S/C14H18F2O2/c1-9-6-11(13(16)8-12(9)15)14(17)7-10-2-4-18-5-3-10/h6,8,10,14,17H,2-5,7H2,1H3. The van der Waals surface area contributed by atoms with Crippen LogP contribution in [0, 0.1) is 24.5 Å². The van der Waals surface area contributed by atoms with Gasteiger partial charge in [-0.1, -0.05) is 0 Å². The molecule has 1 N–H and O–H groups in total. The van der Waals surface area contributed by atoms with E-state index in [0.29, 0.717) is 31.1 Å². The predicted octanol–water partition coefficient (Wildman–Crippen LogP) is 3.12. The van der Waals surface area contributed by atoms with E-state index in [0.717, 1.165) is 18.9 Å². The number of aryl methyl sites for hydroxylation is 1. The second kappa shape index (κ2) is 5.76. The molecule has 1 aromatic carbocycles. The highest BCUT2D eigenvalue weighted by molar-refractivity contribution is 5.27. The highest BCUT2D eigenvalue weighted by atomic mass is 19.1. The molecule has 1 fully saturated rings. The summed E-state index contributed by atoms with van der Waals surface area (Å²) in [6, 6.07) is 2.24. The van der Waals surface area contributed by atoms with E-state index in [-0.39, 0.29) is 5.56 Å². The molecule has 0 spiro atoms. The number of aliphatic hydroxyl groups is 1. The van der Waals surface area contributed by atoms with Gasteiger partial charge in [0, 0.05) is 24.8 Å². The van der Waals surface area contributed by atoms with E-state index in [1.54, 1.807) is 6.92 Å². The number of rotatable bonds is 3. The molecule has 1 aliphatic heterocycles. The lowest BCUT2D eigenvalue weighted by atomic mass is 9.90. The van der Waals surface area contributed by atoms with Crippen molar-refractivity contribution in [3.05, 3.63) is 34.9 Å². The van der Waals surface area contributed by atoms with Gasteiger partial charge in [0.1, 0.15) is 11.6 Å². The molecule has 2 rings (SSSR count). The van der Waals surface area contributed by atoms with Crippen LogP contribution in [0.4, 0.5) is 8.78 Å². The molecule has 18 heavy (non-hydrogen) atoms. The molecule has 1 heterocycles. The van der Waals surface area contributed by atoms with Crippen molar-refractivity contribution in [2.24, 2.45) is 5.92 Å². The van der Waals surface area contributed by atoms with Crippen molar-refractivity contribution in [2.75, 3.05) is 13.2 Å². The largest absolute Gasteiger partial charge is 0.388 e. The molecule has 0 bridgehead atoms. The van der Waals surface area contributed by atoms with Gasteiger partial charge in [0.05, 0.1) is 6.10 Å². The Kier molecular flexibility index (Phi) is 4.30. The van der Waals surface area contributed by atoms with E-state index in [4.69, 9.17) is 4.74 Å². The first-order valence-corrected chi connectivity index (χ1v) is 6.29. The maximum atomic E-state index is 13.6. The number of benzene rings is 1. The summed E-state index contributed by atoms with van der Waals surface area (Å²) in [6.45, 7) is 2.96. The fourth-order valence-electron chi connectivity index (χ4n) is 2.36. The minimum atomic E-state index is -0.868. The van der Waals surface area contributed by atoms with Crippen LogP contribution in [0.1, 0.15) is 36.5 Å². The van der Waals surface area contributed by atoms with Gasteiger partial charge in [0.25, 0.3) is 0 Å². The summed E-state index contributed by atoms with van der Waals surface area (Å²) in [5.74, 6) is -0.898. The molecule has 0 amide bonds. The number of aliphatic hydroxyl groups excluding tert-OH is 1. The van der Waals surface area contributed by atoms with E-state index in [1.807, 2.05) is 0 Å². The third kappa shape index (κ3) is 3.06. The average molecular weight is 256 g/mol. The zero-order valence-electron chi connectivity index (χ0n) is 10.5. The Bertz CT molecular complexity index is 415. The number of hydrogen-bond donors (Lipinski definition) is 1. The maximum Gasteiger partial charge on any atom is 0.131 e. The molecular formula is C14H18F2O2. The Morgan fingerprint density at radius 3 is 2.61 bits per heavy atom. The van der Waals surface area contributed by atoms with E-state index >= 15 is 0 Å². The lowest BCUT2D eigenvalue weighted by Gasteiger charge is -2.24. The summed E-state index contributed by atoms with van der Waals surface area (Å²) in [5, 5.41) is 10.1. The third-order valence-corrected chi connectivity index (χ3v) is 3.53. The normalized spacial score (nSPS) is 18.9. The molecule has 1 aliphatic rings. The highest BCUT2D eigenvalue weighted by Gasteiger charge is 2.21. The fraction of sp³-hybridized carbons (Fsp3) is 0.571. The summed E-state index contributed by atoms with van der Waals surface area (Å²) < 4.78 is 32.0. The van der Waals surface area contributed by atoms with Gasteiger partial charge in [-0.15, -0.1) is 0 Å². The number of ether oxygens (including phenoxy) is 1. The van der Waals surface area contributed by atoms with Crippen LogP contribution in [0.2, 0.25) is 0 Å². The van der Waals surface area contributed by atoms with Gasteiger partial charge in [0.15, 0.2) is 0 Å². The first-order chi connectivity index (χ1) is 8.58. The Morgan fingerprint density at radius 1 is 1.28 bits per heavy atom. The van der Waals surface area contributed by atoms with E-state index < -0.39 is 17.7 Å². The topological polar surface area (TPSA) is 29.5 Å². The fourth-order valence-corrected chi connectivity index (χ4v) is 2.36. The summed E-state index contributed by atoms with van der Waals surface area (Å²) in [7, 11) is 0. The molecule has 0 saturated carbocycles. The van der Waals surface area contributed by atoms with Crippen LogP contribution in [-0.2, 0) is 4.74 Å². The van der Waals surface area contributed by atoms with Crippen LogP contribution in [0.5, 0.6) is 0 Å². The molecule has 0 radical (unpaired) electrons. The van der Waals surface area contributed by atoms with Crippen molar-refractivity contribution in [1.29, 1.82) is 0 Å². The molecule has 4 heteroatoms. The van der Waals surface area contributed by atoms with Crippen molar-refractivity contribution >= 4 is 0 Å². The van der Waals surface area contributed by atoms with Gasteiger partial charge in [-0.25, -0.2) is 8.78 Å². The molecular weight excluding hydrogens is 238 g/mol.